The maximum atomic E-state index is 13.9. The summed E-state index contributed by atoms with van der Waals surface area (Å²) in [4.78, 5) is 41.1. The first-order chi connectivity index (χ1) is 17.9. The van der Waals surface area contributed by atoms with Crippen LogP contribution < -0.4 is 10.6 Å². The van der Waals surface area contributed by atoms with Crippen molar-refractivity contribution >= 4 is 23.0 Å². The molecule has 0 saturated carbocycles. The molecular weight excluding hydrogens is 488 g/mol. The van der Waals surface area contributed by atoms with E-state index in [1.807, 2.05) is 43.3 Å². The van der Waals surface area contributed by atoms with Gasteiger partial charge in [-0.3, -0.25) is 14.4 Å². The number of phenols is 1. The van der Waals surface area contributed by atoms with E-state index in [9.17, 15) is 34.8 Å². The number of nitrogens with two attached hydrogens (primary N) is 1. The van der Waals surface area contributed by atoms with Crippen molar-refractivity contribution in [3.63, 3.8) is 0 Å². The molecule has 9 nitrogen and oxygen atoms in total. The summed E-state index contributed by atoms with van der Waals surface area (Å²) < 4.78 is 0. The Kier molecular flexibility index (Phi) is 5.96. The Balaban J connectivity index is 1.70. The van der Waals surface area contributed by atoms with Gasteiger partial charge in [0.2, 0.25) is 5.78 Å². The molecule has 3 aliphatic rings. The zero-order valence-corrected chi connectivity index (χ0v) is 21.4. The summed E-state index contributed by atoms with van der Waals surface area (Å²) in [6.07, 6.45) is 0.164. The zero-order chi connectivity index (χ0) is 27.7. The van der Waals surface area contributed by atoms with Crippen LogP contribution in [0.5, 0.6) is 5.75 Å². The number of benzene rings is 2. The van der Waals surface area contributed by atoms with Crippen molar-refractivity contribution < 1.29 is 34.8 Å². The highest BCUT2D eigenvalue weighted by Crippen LogP contribution is 2.52. The molecule has 9 heteroatoms. The quantitative estimate of drug-likeness (QED) is 0.383. The molecule has 38 heavy (non-hydrogen) atoms. The molecule has 5 rings (SSSR count). The third-order valence-corrected chi connectivity index (χ3v) is 8.16. The fourth-order valence-electron chi connectivity index (χ4n) is 6.20. The molecule has 0 unspecified atom stereocenters. The van der Waals surface area contributed by atoms with E-state index in [2.05, 4.69) is 0 Å². The van der Waals surface area contributed by atoms with Crippen LogP contribution in [0.1, 0.15) is 41.3 Å². The van der Waals surface area contributed by atoms with Gasteiger partial charge >= 0.3 is 0 Å². The minimum absolute atomic E-state index is 0.0204. The summed E-state index contributed by atoms with van der Waals surface area (Å²) in [6, 6.07) is 9.48. The molecule has 0 heterocycles. The Morgan fingerprint density at radius 1 is 1.11 bits per heavy atom. The Morgan fingerprint density at radius 2 is 1.76 bits per heavy atom. The molecule has 0 spiro atoms. The lowest BCUT2D eigenvalue weighted by Crippen LogP contribution is -2.56. The van der Waals surface area contributed by atoms with Crippen molar-refractivity contribution in [1.82, 2.24) is 0 Å². The molecule has 0 fully saturated rings. The van der Waals surface area contributed by atoms with Crippen LogP contribution in [0, 0.1) is 11.8 Å². The number of hydrogen-bond donors (Lipinski definition) is 5. The standard InChI is InChI=1S/C29H30N2O7/c1-13(32)22-21(33)11-17-8-15-9-20-19(14-4-6-18(7-5-14)31(2)3)10-16(12-30)25(34)24(20)26(35)23(15)28(37)29(17,38)27(22)36/h4-7,10,15,17,33-34,37-38H,8-9,11-12,30H2,1-3H3/t15-,17+,29-/m1/s1. The van der Waals surface area contributed by atoms with Gasteiger partial charge in [0, 0.05) is 49.8 Å². The lowest BCUT2D eigenvalue weighted by atomic mass is 9.59. The number of ketones is 3. The number of carbonyl (C=O) groups is 3. The molecule has 2 aromatic carbocycles. The van der Waals surface area contributed by atoms with Crippen LogP contribution in [0.4, 0.5) is 5.69 Å². The first kappa shape index (κ1) is 25.7. The zero-order valence-electron chi connectivity index (χ0n) is 21.4. The van der Waals surface area contributed by atoms with E-state index in [4.69, 9.17) is 5.73 Å². The number of rotatable bonds is 4. The highest BCUT2D eigenvalue weighted by Gasteiger charge is 2.59. The number of aliphatic hydroxyl groups excluding tert-OH is 2. The Morgan fingerprint density at radius 3 is 2.34 bits per heavy atom. The Hall–Kier alpha value is -3.95. The van der Waals surface area contributed by atoms with Crippen molar-refractivity contribution in [2.24, 2.45) is 17.6 Å². The SMILES string of the molecule is CC(=O)C1=C(O)C[C@@H]2C[C@@H]3Cc4c(-c5ccc(N(C)C)cc5)cc(CN)c(O)c4C(=O)C3=C(O)[C@]2(O)C1=O. The smallest absolute Gasteiger partial charge is 0.209 e. The number of nitrogens with zero attached hydrogens (tertiary/aromatic N) is 1. The number of fused-ring (bicyclic) bond motifs is 3. The fraction of sp³-hybridized carbons (Fsp3) is 0.345. The van der Waals surface area contributed by atoms with E-state index in [1.165, 1.54) is 0 Å². The Bertz CT molecular complexity index is 1470. The second-order valence-electron chi connectivity index (χ2n) is 10.5. The van der Waals surface area contributed by atoms with Crippen LogP contribution in [0.3, 0.4) is 0 Å². The second kappa shape index (κ2) is 8.82. The van der Waals surface area contributed by atoms with Crippen LogP contribution in [0.25, 0.3) is 11.1 Å². The van der Waals surface area contributed by atoms with Crippen molar-refractivity contribution in [1.29, 1.82) is 0 Å². The average molecular weight is 519 g/mol. The van der Waals surface area contributed by atoms with Crippen molar-refractivity contribution in [3.05, 3.63) is 69.7 Å². The van der Waals surface area contributed by atoms with Crippen LogP contribution in [-0.2, 0) is 22.6 Å². The predicted octanol–water partition coefficient (Wildman–Crippen LogP) is 2.88. The van der Waals surface area contributed by atoms with Crippen LogP contribution >= 0.6 is 0 Å². The average Bonchev–Trinajstić information content (AvgIpc) is 2.86. The van der Waals surface area contributed by atoms with Gasteiger partial charge in [-0.15, -0.1) is 0 Å². The van der Waals surface area contributed by atoms with Crippen LogP contribution in [0.15, 0.2) is 53.0 Å². The maximum Gasteiger partial charge on any atom is 0.209 e. The van der Waals surface area contributed by atoms with Gasteiger partial charge in [-0.05, 0) is 60.6 Å². The summed E-state index contributed by atoms with van der Waals surface area (Å²) in [5.41, 5.74) is 6.08. The molecule has 6 N–H and O–H groups in total. The monoisotopic (exact) mass is 518 g/mol. The normalized spacial score (nSPS) is 24.7. The molecule has 3 aliphatic carbocycles. The molecule has 0 radical (unpaired) electrons. The van der Waals surface area contributed by atoms with Gasteiger partial charge in [-0.1, -0.05) is 12.1 Å². The third kappa shape index (κ3) is 3.49. The molecule has 0 saturated heterocycles. The number of hydrogen-bond acceptors (Lipinski definition) is 9. The highest BCUT2D eigenvalue weighted by atomic mass is 16.3. The van der Waals surface area contributed by atoms with Crippen molar-refractivity contribution in [2.45, 2.75) is 38.3 Å². The van der Waals surface area contributed by atoms with E-state index in [1.54, 1.807) is 6.07 Å². The van der Waals surface area contributed by atoms with Crippen molar-refractivity contribution in [2.75, 3.05) is 19.0 Å². The molecule has 2 aromatic rings. The van der Waals surface area contributed by atoms with E-state index in [0.717, 1.165) is 23.7 Å². The van der Waals surface area contributed by atoms with Gasteiger partial charge in [0.05, 0.1) is 5.56 Å². The number of aromatic hydroxyl groups is 1. The second-order valence-corrected chi connectivity index (χ2v) is 10.5. The predicted molar refractivity (Wildman–Crippen MR) is 140 cm³/mol. The molecule has 3 atom stereocenters. The van der Waals surface area contributed by atoms with Gasteiger partial charge < -0.3 is 31.1 Å². The van der Waals surface area contributed by atoms with Crippen LogP contribution in [0.2, 0.25) is 0 Å². The van der Waals surface area contributed by atoms with E-state index < -0.39 is 51.9 Å². The first-order valence-electron chi connectivity index (χ1n) is 12.5. The number of anilines is 1. The number of allylic oxidation sites excluding steroid dienone is 2. The van der Waals surface area contributed by atoms with Gasteiger partial charge in [-0.2, -0.15) is 0 Å². The summed E-state index contributed by atoms with van der Waals surface area (Å²) in [5.74, 6) is -5.62. The fourth-order valence-corrected chi connectivity index (χ4v) is 6.20. The molecule has 0 aliphatic heterocycles. The van der Waals surface area contributed by atoms with E-state index in [0.29, 0.717) is 11.1 Å². The largest absolute Gasteiger partial charge is 0.511 e. The molecular formula is C29H30N2O7. The number of phenolic OH excluding ortho intramolecular Hbond substituents is 1. The minimum atomic E-state index is -2.52. The number of aliphatic hydroxyl groups is 3. The highest BCUT2D eigenvalue weighted by molar-refractivity contribution is 6.25. The number of Topliss-reactive ketones (excluding diaryl/α,β-unsaturated/α-hetero) is 3. The van der Waals surface area contributed by atoms with Crippen molar-refractivity contribution in [3.8, 4) is 16.9 Å². The summed E-state index contributed by atoms with van der Waals surface area (Å²) >= 11 is 0. The lowest BCUT2D eigenvalue weighted by Gasteiger charge is -2.46. The molecule has 0 amide bonds. The van der Waals surface area contributed by atoms with Gasteiger partial charge in [0.25, 0.3) is 0 Å². The summed E-state index contributed by atoms with van der Waals surface area (Å²) in [5, 5.41) is 44.2. The molecule has 198 valence electrons. The van der Waals surface area contributed by atoms with Gasteiger partial charge in [0.15, 0.2) is 17.2 Å². The Labute approximate surface area is 219 Å². The lowest BCUT2D eigenvalue weighted by molar-refractivity contribution is -0.144. The van der Waals surface area contributed by atoms with E-state index >= 15 is 0 Å². The maximum absolute atomic E-state index is 13.9. The summed E-state index contributed by atoms with van der Waals surface area (Å²) in [6.45, 7) is 1.05. The molecule has 0 aromatic heterocycles. The van der Waals surface area contributed by atoms with Gasteiger partial charge in [0.1, 0.15) is 22.8 Å². The van der Waals surface area contributed by atoms with E-state index in [-0.39, 0.29) is 42.7 Å². The topological polar surface area (TPSA) is 161 Å². The van der Waals surface area contributed by atoms with Gasteiger partial charge in [-0.25, -0.2) is 0 Å². The minimum Gasteiger partial charge on any atom is -0.511 e. The van der Waals surface area contributed by atoms with Crippen LogP contribution in [-0.4, -0.2) is 57.5 Å². The number of carbonyl (C=O) groups excluding carboxylic acids is 3. The first-order valence-corrected chi connectivity index (χ1v) is 12.5. The molecule has 0 bridgehead atoms. The summed E-state index contributed by atoms with van der Waals surface area (Å²) in [7, 11) is 3.85. The third-order valence-electron chi connectivity index (χ3n) is 8.16.